The molecule has 1 heterocycles. The Kier molecular flexibility index (Phi) is 9.59. The van der Waals surface area contributed by atoms with Crippen LogP contribution in [0.5, 0.6) is 0 Å². The lowest BCUT2D eigenvalue weighted by Crippen LogP contribution is -2.54. The summed E-state index contributed by atoms with van der Waals surface area (Å²) in [6.45, 7) is 5.04. The fraction of sp³-hybridized carbons (Fsp3) is 1.00. The maximum absolute atomic E-state index is 3.53. The summed E-state index contributed by atoms with van der Waals surface area (Å²) < 4.78 is 0. The highest BCUT2D eigenvalue weighted by Gasteiger charge is 2.35. The molecule has 0 atom stereocenters. The van der Waals surface area contributed by atoms with Crippen LogP contribution in [0.2, 0.25) is 0 Å². The van der Waals surface area contributed by atoms with Gasteiger partial charge in [0.15, 0.2) is 0 Å². The quantitative estimate of drug-likeness (QED) is 0.828. The lowest BCUT2D eigenvalue weighted by atomic mass is 9.73. The van der Waals surface area contributed by atoms with E-state index in [0.29, 0.717) is 0 Å². The van der Waals surface area contributed by atoms with Gasteiger partial charge in [-0.1, -0.05) is 38.5 Å². The van der Waals surface area contributed by atoms with Gasteiger partial charge in [0.1, 0.15) is 0 Å². The van der Waals surface area contributed by atoms with Crippen molar-refractivity contribution in [1.29, 1.82) is 0 Å². The minimum absolute atomic E-state index is 0. The number of nitrogens with one attached hydrogen (secondary N) is 1. The molecule has 126 valence electrons. The molecule has 1 aliphatic heterocycles. The maximum atomic E-state index is 3.53. The van der Waals surface area contributed by atoms with E-state index in [1.54, 1.807) is 0 Å². The van der Waals surface area contributed by atoms with Crippen molar-refractivity contribution in [3.8, 4) is 0 Å². The molecule has 0 spiro atoms. The van der Waals surface area contributed by atoms with Crippen LogP contribution < -0.4 is 5.32 Å². The molecule has 0 aromatic rings. The summed E-state index contributed by atoms with van der Waals surface area (Å²) in [5.41, 5.74) is 0. The second-order valence-electron chi connectivity index (χ2n) is 7.07. The normalized spacial score (nSPS) is 26.1. The Labute approximate surface area is 143 Å². The van der Waals surface area contributed by atoms with Crippen LogP contribution in [-0.2, 0) is 0 Å². The van der Waals surface area contributed by atoms with Crippen LogP contribution in [0.3, 0.4) is 0 Å². The number of hydrogen-bond donors (Lipinski definition) is 1. The lowest BCUT2D eigenvalue weighted by molar-refractivity contribution is 0.0451. The smallest absolute Gasteiger partial charge is 0.0153 e. The van der Waals surface area contributed by atoms with E-state index in [4.69, 9.17) is 0 Å². The molecule has 3 aliphatic rings. The van der Waals surface area contributed by atoms with Crippen LogP contribution in [0.4, 0.5) is 0 Å². The highest BCUT2D eigenvalue weighted by atomic mass is 35.5. The van der Waals surface area contributed by atoms with E-state index in [1.165, 1.54) is 90.4 Å². The Morgan fingerprint density at radius 1 is 0.667 bits per heavy atom. The van der Waals surface area contributed by atoms with E-state index in [9.17, 15) is 0 Å². The second kappa shape index (κ2) is 10.3. The third-order valence-electron chi connectivity index (χ3n) is 5.84. The zero-order valence-electron chi connectivity index (χ0n) is 13.4. The summed E-state index contributed by atoms with van der Waals surface area (Å²) in [6, 6.07) is 0.933. The SMILES string of the molecule is C1CCC(C(C2CCCCC2)N2CCNCC2)CC1.Cl.Cl. The van der Waals surface area contributed by atoms with E-state index < -0.39 is 0 Å². The van der Waals surface area contributed by atoms with Gasteiger partial charge in [0, 0.05) is 32.2 Å². The van der Waals surface area contributed by atoms with Gasteiger partial charge in [-0.15, -0.1) is 24.8 Å². The first-order valence-electron chi connectivity index (χ1n) is 8.90. The third-order valence-corrected chi connectivity index (χ3v) is 5.84. The second-order valence-corrected chi connectivity index (χ2v) is 7.07. The van der Waals surface area contributed by atoms with Crippen molar-refractivity contribution in [2.75, 3.05) is 26.2 Å². The van der Waals surface area contributed by atoms with E-state index in [2.05, 4.69) is 10.2 Å². The summed E-state index contributed by atoms with van der Waals surface area (Å²) in [4.78, 5) is 2.88. The average molecular weight is 337 g/mol. The fourth-order valence-electron chi connectivity index (χ4n) is 4.91. The predicted octanol–water partition coefficient (Wildman–Crippen LogP) is 4.26. The van der Waals surface area contributed by atoms with Gasteiger partial charge in [-0.2, -0.15) is 0 Å². The largest absolute Gasteiger partial charge is 0.314 e. The molecule has 2 nitrogen and oxygen atoms in total. The van der Waals surface area contributed by atoms with Crippen molar-refractivity contribution in [1.82, 2.24) is 10.2 Å². The molecule has 2 aliphatic carbocycles. The van der Waals surface area contributed by atoms with Crippen molar-refractivity contribution in [2.45, 2.75) is 70.3 Å². The molecule has 0 unspecified atom stereocenters. The van der Waals surface area contributed by atoms with Crippen molar-refractivity contribution in [2.24, 2.45) is 11.8 Å². The van der Waals surface area contributed by atoms with Crippen molar-refractivity contribution < 1.29 is 0 Å². The minimum atomic E-state index is 0. The molecule has 0 bridgehead atoms. The number of hydrogen-bond acceptors (Lipinski definition) is 2. The molecule has 2 saturated carbocycles. The van der Waals surface area contributed by atoms with Crippen LogP contribution in [-0.4, -0.2) is 37.1 Å². The molecule has 1 saturated heterocycles. The fourth-order valence-corrected chi connectivity index (χ4v) is 4.91. The Morgan fingerprint density at radius 2 is 1.10 bits per heavy atom. The third kappa shape index (κ3) is 5.27. The summed E-state index contributed by atoms with van der Waals surface area (Å²) in [7, 11) is 0. The Morgan fingerprint density at radius 3 is 1.52 bits per heavy atom. The van der Waals surface area contributed by atoms with Gasteiger partial charge < -0.3 is 5.32 Å². The summed E-state index contributed by atoms with van der Waals surface area (Å²) >= 11 is 0. The molecular weight excluding hydrogens is 303 g/mol. The first kappa shape index (κ1) is 19.5. The van der Waals surface area contributed by atoms with E-state index in [1.807, 2.05) is 0 Å². The van der Waals surface area contributed by atoms with Crippen LogP contribution in [0.1, 0.15) is 64.2 Å². The molecular formula is C17H34Cl2N2. The van der Waals surface area contributed by atoms with Crippen LogP contribution in [0.25, 0.3) is 0 Å². The van der Waals surface area contributed by atoms with E-state index >= 15 is 0 Å². The van der Waals surface area contributed by atoms with Crippen molar-refractivity contribution in [3.05, 3.63) is 0 Å². The standard InChI is InChI=1S/C17H32N2.2ClH/c1-3-7-15(8-4-1)17(16-9-5-2-6-10-16)19-13-11-18-12-14-19;;/h15-18H,1-14H2;2*1H. The first-order chi connectivity index (χ1) is 9.45. The summed E-state index contributed by atoms with van der Waals surface area (Å²) in [5, 5.41) is 3.53. The molecule has 0 aromatic heterocycles. The molecule has 0 radical (unpaired) electrons. The Balaban J connectivity index is 0.00000110. The molecule has 0 amide bonds. The molecule has 21 heavy (non-hydrogen) atoms. The van der Waals surface area contributed by atoms with Gasteiger partial charge in [-0.3, -0.25) is 4.90 Å². The minimum Gasteiger partial charge on any atom is -0.314 e. The zero-order chi connectivity index (χ0) is 12.9. The van der Waals surface area contributed by atoms with Gasteiger partial charge in [0.25, 0.3) is 0 Å². The van der Waals surface area contributed by atoms with Gasteiger partial charge in [0.05, 0.1) is 0 Å². The maximum Gasteiger partial charge on any atom is 0.0153 e. The van der Waals surface area contributed by atoms with Crippen molar-refractivity contribution >= 4 is 24.8 Å². The van der Waals surface area contributed by atoms with Crippen LogP contribution in [0, 0.1) is 11.8 Å². The van der Waals surface area contributed by atoms with E-state index in [0.717, 1.165) is 17.9 Å². The average Bonchev–Trinajstić information content (AvgIpc) is 2.51. The van der Waals surface area contributed by atoms with Gasteiger partial charge in [0.2, 0.25) is 0 Å². The molecule has 3 rings (SSSR count). The van der Waals surface area contributed by atoms with Gasteiger partial charge in [-0.25, -0.2) is 0 Å². The van der Waals surface area contributed by atoms with E-state index in [-0.39, 0.29) is 24.8 Å². The topological polar surface area (TPSA) is 15.3 Å². The molecule has 3 fully saturated rings. The summed E-state index contributed by atoms with van der Waals surface area (Å²) in [5.74, 6) is 2.05. The van der Waals surface area contributed by atoms with Crippen molar-refractivity contribution in [3.63, 3.8) is 0 Å². The predicted molar refractivity (Wildman–Crippen MR) is 95.9 cm³/mol. The number of nitrogens with zero attached hydrogens (tertiary/aromatic N) is 1. The summed E-state index contributed by atoms with van der Waals surface area (Å²) in [6.07, 6.45) is 15.1. The molecule has 4 heteroatoms. The highest BCUT2D eigenvalue weighted by Crippen LogP contribution is 2.38. The molecule has 0 aromatic carbocycles. The van der Waals surface area contributed by atoms with Crippen LogP contribution >= 0.6 is 24.8 Å². The number of rotatable bonds is 3. The first-order valence-corrected chi connectivity index (χ1v) is 8.90. The Hall–Kier alpha value is 0.500. The van der Waals surface area contributed by atoms with Gasteiger partial charge >= 0.3 is 0 Å². The zero-order valence-corrected chi connectivity index (χ0v) is 15.0. The Bertz CT molecular complexity index is 215. The van der Waals surface area contributed by atoms with Gasteiger partial charge in [-0.05, 0) is 37.5 Å². The van der Waals surface area contributed by atoms with Crippen LogP contribution in [0.15, 0.2) is 0 Å². The monoisotopic (exact) mass is 336 g/mol. The lowest BCUT2D eigenvalue weighted by Gasteiger charge is -2.46. The highest BCUT2D eigenvalue weighted by molar-refractivity contribution is 5.85. The number of halogens is 2. The molecule has 1 N–H and O–H groups in total. The number of piperazine rings is 1.